The first kappa shape index (κ1) is 27.3. The van der Waals surface area contributed by atoms with Crippen LogP contribution in [0.3, 0.4) is 0 Å². The normalized spacial score (nSPS) is 14.3. The van der Waals surface area contributed by atoms with Gasteiger partial charge in [0.15, 0.2) is 0 Å². The highest BCUT2D eigenvalue weighted by Gasteiger charge is 2.29. The van der Waals surface area contributed by atoms with E-state index < -0.39 is 21.4 Å². The number of sulfonamides is 1. The number of rotatable bonds is 10. The van der Waals surface area contributed by atoms with Crippen LogP contribution in [0.4, 0.5) is 10.1 Å². The maximum absolute atomic E-state index is 13.4. The topological polar surface area (TPSA) is 111 Å². The number of hydrogen-bond donors (Lipinski definition) is 0. The molecule has 0 saturated carbocycles. The summed E-state index contributed by atoms with van der Waals surface area (Å²) in [6.07, 6.45) is 1.68. The van der Waals surface area contributed by atoms with Crippen molar-refractivity contribution in [2.75, 3.05) is 44.3 Å². The number of piperazine rings is 1. The van der Waals surface area contributed by atoms with Crippen LogP contribution in [0.25, 0.3) is 5.69 Å². The molecule has 38 heavy (non-hydrogen) atoms. The number of hydrogen-bond acceptors (Lipinski definition) is 8. The van der Waals surface area contributed by atoms with Gasteiger partial charge in [-0.15, -0.1) is 0 Å². The number of carbonyl (C=O) groups excluding carboxylic acids is 1. The van der Waals surface area contributed by atoms with E-state index >= 15 is 0 Å². The quantitative estimate of drug-likeness (QED) is 0.283. The van der Waals surface area contributed by atoms with E-state index in [1.165, 1.54) is 34.8 Å². The van der Waals surface area contributed by atoms with Gasteiger partial charge in [-0.25, -0.2) is 12.8 Å². The second kappa shape index (κ2) is 12.2. The molecule has 0 bridgehead atoms. The molecule has 1 saturated heterocycles. The van der Waals surface area contributed by atoms with Gasteiger partial charge in [-0.2, -0.15) is 14.1 Å². The van der Waals surface area contributed by atoms with Gasteiger partial charge in [-0.1, -0.05) is 37.3 Å². The molecule has 1 aliphatic heterocycles. The largest absolute Gasteiger partial charge is 0.483 e. The monoisotopic (exact) mass is 544 g/mol. The molecule has 2 aromatic carbocycles. The highest BCUT2D eigenvalue weighted by molar-refractivity contribution is 7.88. The maximum atomic E-state index is 13.4. The molecule has 0 radical (unpaired) electrons. The molecule has 1 fully saturated rings. The van der Waals surface area contributed by atoms with E-state index in [0.29, 0.717) is 30.0 Å². The van der Waals surface area contributed by atoms with Crippen LogP contribution in [-0.2, 0) is 25.3 Å². The molecule has 0 atom stereocenters. The first-order valence-corrected chi connectivity index (χ1v) is 13.8. The van der Waals surface area contributed by atoms with Gasteiger partial charge >= 0.3 is 11.5 Å². The summed E-state index contributed by atoms with van der Waals surface area (Å²) < 4.78 is 52.7. The molecule has 0 aliphatic carbocycles. The smallest absolute Gasteiger partial charge is 0.316 e. The number of anilines is 1. The van der Waals surface area contributed by atoms with Crippen LogP contribution in [0, 0.1) is 5.82 Å². The Morgan fingerprint density at radius 2 is 1.68 bits per heavy atom. The number of aromatic nitrogens is 2. The Bertz CT molecular complexity index is 1410. The molecule has 4 rings (SSSR count). The van der Waals surface area contributed by atoms with E-state index in [9.17, 15) is 22.4 Å². The minimum Gasteiger partial charge on any atom is -0.483 e. The summed E-state index contributed by atoms with van der Waals surface area (Å²) in [7, 11) is -3.52. The van der Waals surface area contributed by atoms with Crippen LogP contribution in [0.1, 0.15) is 18.9 Å². The summed E-state index contributed by atoms with van der Waals surface area (Å²) in [5.74, 6) is -0.946. The molecule has 202 valence electrons. The lowest BCUT2D eigenvalue weighted by molar-refractivity contribution is -0.143. The van der Waals surface area contributed by atoms with Crippen molar-refractivity contribution in [1.82, 2.24) is 14.1 Å². The van der Waals surface area contributed by atoms with Crippen molar-refractivity contribution in [3.63, 3.8) is 0 Å². The molecule has 0 amide bonds. The van der Waals surface area contributed by atoms with Crippen molar-refractivity contribution >= 4 is 21.7 Å². The van der Waals surface area contributed by atoms with Crippen LogP contribution < -0.4 is 15.2 Å². The Morgan fingerprint density at radius 1 is 1.00 bits per heavy atom. The molecule has 12 heteroatoms. The predicted octanol–water partition coefficient (Wildman–Crippen LogP) is 2.36. The third kappa shape index (κ3) is 6.56. The fourth-order valence-corrected chi connectivity index (χ4v) is 5.56. The fourth-order valence-electron chi connectivity index (χ4n) is 4.04. The molecule has 1 aromatic heterocycles. The van der Waals surface area contributed by atoms with Crippen molar-refractivity contribution < 1.29 is 27.1 Å². The molecule has 0 N–H and O–H groups in total. The molecule has 0 spiro atoms. The summed E-state index contributed by atoms with van der Waals surface area (Å²) >= 11 is 0. The highest BCUT2D eigenvalue weighted by Crippen LogP contribution is 2.26. The fraction of sp³-hybridized carbons (Fsp3) is 0.346. The van der Waals surface area contributed by atoms with Gasteiger partial charge in [0.25, 0.3) is 0 Å². The Hall–Kier alpha value is -3.77. The van der Waals surface area contributed by atoms with Gasteiger partial charge in [-0.05, 0) is 29.8 Å². The Labute approximate surface area is 220 Å². The summed E-state index contributed by atoms with van der Waals surface area (Å²) in [6, 6.07) is 14.3. The van der Waals surface area contributed by atoms with E-state index in [-0.39, 0.29) is 50.2 Å². The van der Waals surface area contributed by atoms with E-state index in [1.807, 2.05) is 11.0 Å². The van der Waals surface area contributed by atoms with E-state index in [4.69, 9.17) is 9.47 Å². The van der Waals surface area contributed by atoms with Crippen LogP contribution in [0.5, 0.6) is 5.75 Å². The van der Waals surface area contributed by atoms with Gasteiger partial charge in [0, 0.05) is 32.6 Å². The van der Waals surface area contributed by atoms with Crippen LogP contribution >= 0.6 is 0 Å². The van der Waals surface area contributed by atoms with Crippen molar-refractivity contribution in [3.8, 4) is 11.4 Å². The molecule has 0 unspecified atom stereocenters. The SMILES string of the molecule is CCC(=O)OCCOc1c(N2CCN(S(=O)(=O)Cc3ccccc3)CC2)cnn(-c2ccc(F)cc2)c1=O. The minimum absolute atomic E-state index is 0.0162. The van der Waals surface area contributed by atoms with Crippen molar-refractivity contribution in [2.24, 2.45) is 0 Å². The zero-order chi connectivity index (χ0) is 27.1. The Kier molecular flexibility index (Phi) is 8.74. The van der Waals surface area contributed by atoms with Gasteiger partial charge < -0.3 is 14.4 Å². The standard InChI is InChI=1S/C26H29FN4O6S/c1-2-24(32)36-16-17-37-25-23(18-28-31(26(25)33)22-10-8-21(27)9-11-22)29-12-14-30(15-13-29)38(34,35)19-20-6-4-3-5-7-20/h3-11,18H,2,12-17,19H2,1H3. The number of carbonyl (C=O) groups is 1. The molecular weight excluding hydrogens is 515 g/mol. The van der Waals surface area contributed by atoms with Crippen LogP contribution in [0.2, 0.25) is 0 Å². The van der Waals surface area contributed by atoms with Gasteiger partial charge in [0.2, 0.25) is 15.8 Å². The number of ether oxygens (including phenoxy) is 2. The summed E-state index contributed by atoms with van der Waals surface area (Å²) in [5.41, 5.74) is 0.885. The Balaban J connectivity index is 1.53. The molecule has 2 heterocycles. The number of esters is 1. The van der Waals surface area contributed by atoms with E-state index in [2.05, 4.69) is 5.10 Å². The first-order valence-electron chi connectivity index (χ1n) is 12.2. The number of nitrogens with zero attached hydrogens (tertiary/aromatic N) is 4. The average Bonchev–Trinajstić information content (AvgIpc) is 2.92. The molecular formula is C26H29FN4O6S. The zero-order valence-corrected chi connectivity index (χ0v) is 21.8. The lowest BCUT2D eigenvalue weighted by atomic mass is 10.2. The zero-order valence-electron chi connectivity index (χ0n) is 21.0. The van der Waals surface area contributed by atoms with Crippen molar-refractivity contribution in [1.29, 1.82) is 0 Å². The third-order valence-electron chi connectivity index (χ3n) is 6.03. The summed E-state index contributed by atoms with van der Waals surface area (Å²) in [6.45, 7) is 2.65. The molecule has 3 aromatic rings. The summed E-state index contributed by atoms with van der Waals surface area (Å²) in [5, 5.41) is 4.25. The molecule has 1 aliphatic rings. The van der Waals surface area contributed by atoms with Crippen molar-refractivity contribution in [3.05, 3.63) is 82.5 Å². The van der Waals surface area contributed by atoms with Crippen molar-refractivity contribution in [2.45, 2.75) is 19.1 Å². The highest BCUT2D eigenvalue weighted by atomic mass is 32.2. The average molecular weight is 545 g/mol. The lowest BCUT2D eigenvalue weighted by Gasteiger charge is -2.35. The second-order valence-electron chi connectivity index (χ2n) is 8.60. The van der Waals surface area contributed by atoms with Gasteiger partial charge in [0.1, 0.15) is 24.7 Å². The lowest BCUT2D eigenvalue weighted by Crippen LogP contribution is -2.49. The van der Waals surface area contributed by atoms with Gasteiger partial charge in [-0.3, -0.25) is 9.59 Å². The number of benzene rings is 2. The number of halogens is 1. The first-order chi connectivity index (χ1) is 18.3. The summed E-state index contributed by atoms with van der Waals surface area (Å²) in [4.78, 5) is 26.7. The minimum atomic E-state index is -3.52. The Morgan fingerprint density at radius 3 is 2.34 bits per heavy atom. The van der Waals surface area contributed by atoms with Crippen LogP contribution in [-0.4, -0.2) is 67.9 Å². The molecule has 10 nitrogen and oxygen atoms in total. The second-order valence-corrected chi connectivity index (χ2v) is 10.6. The maximum Gasteiger partial charge on any atom is 0.316 e. The van der Waals surface area contributed by atoms with Gasteiger partial charge in [0.05, 0.1) is 17.6 Å². The van der Waals surface area contributed by atoms with Crippen LogP contribution in [0.15, 0.2) is 65.6 Å². The van der Waals surface area contributed by atoms with E-state index in [0.717, 1.165) is 4.68 Å². The van der Waals surface area contributed by atoms with E-state index in [1.54, 1.807) is 31.2 Å². The predicted molar refractivity (Wildman–Crippen MR) is 139 cm³/mol. The third-order valence-corrected chi connectivity index (χ3v) is 7.88.